The molecule has 0 aromatic heterocycles. The summed E-state index contributed by atoms with van der Waals surface area (Å²) in [6.45, 7) is 0. The second kappa shape index (κ2) is 3.54. The topological polar surface area (TPSA) is 17.1 Å². The van der Waals surface area contributed by atoms with Crippen LogP contribution in [0.5, 0.6) is 0 Å². The van der Waals surface area contributed by atoms with E-state index in [1.165, 1.54) is 44.9 Å². The lowest BCUT2D eigenvalue weighted by Gasteiger charge is -2.28. The lowest BCUT2D eigenvalue weighted by Crippen LogP contribution is -2.13. The minimum atomic E-state index is -1.66. The summed E-state index contributed by atoms with van der Waals surface area (Å²) >= 11 is 0. The van der Waals surface area contributed by atoms with Crippen LogP contribution in [0.15, 0.2) is 0 Å². The van der Waals surface area contributed by atoms with Gasteiger partial charge in [-0.1, -0.05) is 19.3 Å². The zero-order valence-electron chi connectivity index (χ0n) is 7.80. The van der Waals surface area contributed by atoms with Crippen molar-refractivity contribution in [3.63, 3.8) is 0 Å². The Labute approximate surface area is 75.3 Å². The van der Waals surface area contributed by atoms with Crippen LogP contribution in [0.4, 0.5) is 0 Å². The Kier molecular flexibility index (Phi) is 2.60. The van der Waals surface area contributed by atoms with E-state index in [-0.39, 0.29) is 0 Å². The maximum atomic E-state index is 12.4. The van der Waals surface area contributed by atoms with Crippen LogP contribution in [-0.2, 0) is 4.57 Å². The van der Waals surface area contributed by atoms with Crippen LogP contribution >= 0.6 is 7.14 Å². The highest BCUT2D eigenvalue weighted by Crippen LogP contribution is 2.59. The first-order chi connectivity index (χ1) is 5.81. The molecular formula is C10H19OP. The van der Waals surface area contributed by atoms with Crippen LogP contribution in [0.25, 0.3) is 0 Å². The van der Waals surface area contributed by atoms with Gasteiger partial charge in [0.15, 0.2) is 0 Å². The lowest BCUT2D eigenvalue weighted by molar-refractivity contribution is 0.547. The molecule has 70 valence electrons. The van der Waals surface area contributed by atoms with Crippen LogP contribution in [0.2, 0.25) is 0 Å². The summed E-state index contributed by atoms with van der Waals surface area (Å²) in [5.41, 5.74) is 0.651. The normalized spacial score (nSPS) is 30.7. The Hall–Kier alpha value is 0.230. The predicted molar refractivity (Wildman–Crippen MR) is 53.4 cm³/mol. The van der Waals surface area contributed by atoms with Crippen molar-refractivity contribution in [3.05, 3.63) is 0 Å². The second-order valence-electron chi connectivity index (χ2n) is 4.40. The van der Waals surface area contributed by atoms with Crippen molar-refractivity contribution in [3.8, 4) is 0 Å². The van der Waals surface area contributed by atoms with E-state index in [0.717, 1.165) is 12.3 Å². The first-order valence-electron chi connectivity index (χ1n) is 5.39. The molecule has 1 aliphatic heterocycles. The molecule has 1 nitrogen and oxygen atoms in total. The third kappa shape index (κ3) is 1.62. The Morgan fingerprint density at radius 3 is 2.00 bits per heavy atom. The minimum Gasteiger partial charge on any atom is -0.323 e. The molecule has 1 aliphatic carbocycles. The van der Waals surface area contributed by atoms with Crippen LogP contribution in [-0.4, -0.2) is 18.0 Å². The molecule has 0 amide bonds. The Balaban J connectivity index is 2.02. The largest absolute Gasteiger partial charge is 0.323 e. The lowest BCUT2D eigenvalue weighted by atomic mass is 10.3. The summed E-state index contributed by atoms with van der Waals surface area (Å²) in [7, 11) is -1.66. The standard InChI is InChI=1S/C10H19OP/c11-12(8-4-1-5-9-12)10-6-2-3-7-10/h10H,1-9H2. The third-order valence-electron chi connectivity index (χ3n) is 3.56. The minimum absolute atomic E-state index is 0.651. The molecule has 2 heteroatoms. The molecule has 0 aromatic carbocycles. The van der Waals surface area contributed by atoms with Crippen LogP contribution < -0.4 is 0 Å². The molecule has 0 radical (unpaired) electrons. The van der Waals surface area contributed by atoms with Crippen LogP contribution in [0.3, 0.4) is 0 Å². The molecule has 2 rings (SSSR count). The molecule has 0 spiro atoms. The summed E-state index contributed by atoms with van der Waals surface area (Å²) in [6, 6.07) is 0. The van der Waals surface area contributed by atoms with Gasteiger partial charge in [-0.25, -0.2) is 0 Å². The van der Waals surface area contributed by atoms with Gasteiger partial charge in [0.05, 0.1) is 7.14 Å². The summed E-state index contributed by atoms with van der Waals surface area (Å²) in [4.78, 5) is 0. The number of hydrogen-bond acceptors (Lipinski definition) is 1. The molecule has 1 saturated heterocycles. The van der Waals surface area contributed by atoms with Gasteiger partial charge in [0.25, 0.3) is 0 Å². The smallest absolute Gasteiger partial charge is 0.0906 e. The molecule has 1 saturated carbocycles. The Morgan fingerprint density at radius 1 is 0.833 bits per heavy atom. The molecule has 12 heavy (non-hydrogen) atoms. The van der Waals surface area contributed by atoms with E-state index in [1.54, 1.807) is 0 Å². The third-order valence-corrected chi connectivity index (χ3v) is 7.56. The van der Waals surface area contributed by atoms with Crippen molar-refractivity contribution in [2.24, 2.45) is 0 Å². The second-order valence-corrected chi connectivity index (χ2v) is 7.93. The van der Waals surface area contributed by atoms with E-state index in [4.69, 9.17) is 0 Å². The maximum absolute atomic E-state index is 12.4. The monoisotopic (exact) mass is 186 g/mol. The summed E-state index contributed by atoms with van der Waals surface area (Å²) in [5, 5.41) is 0. The summed E-state index contributed by atoms with van der Waals surface area (Å²) in [6.07, 6.45) is 11.2. The van der Waals surface area contributed by atoms with E-state index in [1.807, 2.05) is 0 Å². The zero-order valence-corrected chi connectivity index (χ0v) is 8.69. The highest BCUT2D eigenvalue weighted by Gasteiger charge is 2.35. The Bertz CT molecular complexity index is 184. The molecule has 0 bridgehead atoms. The fourth-order valence-electron chi connectivity index (χ4n) is 2.79. The average Bonchev–Trinajstić information content (AvgIpc) is 2.58. The molecule has 0 aromatic rings. The number of hydrogen-bond donors (Lipinski definition) is 0. The van der Waals surface area contributed by atoms with Crippen molar-refractivity contribution in [2.45, 2.75) is 50.6 Å². The molecule has 0 unspecified atom stereocenters. The quantitative estimate of drug-likeness (QED) is 0.573. The molecule has 1 heterocycles. The summed E-state index contributed by atoms with van der Waals surface area (Å²) in [5.74, 6) is 0. The van der Waals surface area contributed by atoms with Gasteiger partial charge in [0.1, 0.15) is 0 Å². The van der Waals surface area contributed by atoms with Crippen molar-refractivity contribution in [1.29, 1.82) is 0 Å². The first kappa shape index (κ1) is 8.81. The van der Waals surface area contributed by atoms with Crippen molar-refractivity contribution in [1.82, 2.24) is 0 Å². The van der Waals surface area contributed by atoms with Gasteiger partial charge in [0.2, 0.25) is 0 Å². The van der Waals surface area contributed by atoms with Crippen LogP contribution in [0, 0.1) is 0 Å². The van der Waals surface area contributed by atoms with Gasteiger partial charge >= 0.3 is 0 Å². The highest BCUT2D eigenvalue weighted by molar-refractivity contribution is 7.64. The van der Waals surface area contributed by atoms with Gasteiger partial charge in [-0.05, 0) is 25.7 Å². The van der Waals surface area contributed by atoms with Gasteiger partial charge < -0.3 is 4.57 Å². The maximum Gasteiger partial charge on any atom is 0.0906 e. The molecule has 0 atom stereocenters. The van der Waals surface area contributed by atoms with E-state index in [2.05, 4.69) is 0 Å². The predicted octanol–water partition coefficient (Wildman–Crippen LogP) is 3.48. The van der Waals surface area contributed by atoms with E-state index in [9.17, 15) is 4.57 Å². The van der Waals surface area contributed by atoms with Crippen molar-refractivity contribution in [2.75, 3.05) is 12.3 Å². The molecule has 2 aliphatic rings. The SMILES string of the molecule is O=P1(C2CCCC2)CCCCC1. The highest BCUT2D eigenvalue weighted by atomic mass is 31.2. The van der Waals surface area contributed by atoms with E-state index in [0.29, 0.717) is 5.66 Å². The van der Waals surface area contributed by atoms with Gasteiger partial charge in [-0.15, -0.1) is 0 Å². The number of rotatable bonds is 1. The van der Waals surface area contributed by atoms with Crippen molar-refractivity contribution < 1.29 is 4.57 Å². The van der Waals surface area contributed by atoms with Crippen molar-refractivity contribution >= 4 is 7.14 Å². The molecule has 0 N–H and O–H groups in total. The summed E-state index contributed by atoms with van der Waals surface area (Å²) < 4.78 is 12.4. The van der Waals surface area contributed by atoms with E-state index < -0.39 is 7.14 Å². The zero-order chi connectivity index (χ0) is 8.44. The van der Waals surface area contributed by atoms with Gasteiger partial charge in [0, 0.05) is 18.0 Å². The average molecular weight is 186 g/mol. The first-order valence-corrected chi connectivity index (χ1v) is 7.54. The fraction of sp³-hybridized carbons (Fsp3) is 1.00. The van der Waals surface area contributed by atoms with E-state index >= 15 is 0 Å². The van der Waals surface area contributed by atoms with Gasteiger partial charge in [-0.2, -0.15) is 0 Å². The Morgan fingerprint density at radius 2 is 1.42 bits per heavy atom. The van der Waals surface area contributed by atoms with Gasteiger partial charge in [-0.3, -0.25) is 0 Å². The van der Waals surface area contributed by atoms with Crippen LogP contribution in [0.1, 0.15) is 44.9 Å². The molecular weight excluding hydrogens is 167 g/mol. The molecule has 2 fully saturated rings. The fourth-order valence-corrected chi connectivity index (χ4v) is 6.57.